The van der Waals surface area contributed by atoms with Crippen LogP contribution in [-0.4, -0.2) is 22.6 Å². The highest BCUT2D eigenvalue weighted by Gasteiger charge is 2.18. The van der Waals surface area contributed by atoms with Crippen molar-refractivity contribution in [3.63, 3.8) is 0 Å². The Morgan fingerprint density at radius 2 is 1.75 bits per heavy atom. The first-order chi connectivity index (χ1) is 11.7. The molecule has 2 aromatic carbocycles. The van der Waals surface area contributed by atoms with Gasteiger partial charge in [0.05, 0.1) is 11.6 Å². The molecular formula is C19H18N2O2S. The third-order valence-electron chi connectivity index (χ3n) is 3.75. The minimum Gasteiger partial charge on any atom is -0.481 e. The van der Waals surface area contributed by atoms with Gasteiger partial charge in [0.15, 0.2) is 5.13 Å². The minimum atomic E-state index is -0.800. The van der Waals surface area contributed by atoms with E-state index >= 15 is 0 Å². The van der Waals surface area contributed by atoms with E-state index < -0.39 is 11.9 Å². The molecule has 5 heteroatoms. The third kappa shape index (κ3) is 4.20. The molecule has 0 aliphatic rings. The number of hydrogen-bond donors (Lipinski definition) is 2. The minimum absolute atomic E-state index is 0.353. The lowest BCUT2D eigenvalue weighted by Crippen LogP contribution is -2.25. The Labute approximate surface area is 144 Å². The topological polar surface area (TPSA) is 62.2 Å². The first-order valence-corrected chi connectivity index (χ1v) is 8.62. The van der Waals surface area contributed by atoms with E-state index in [0.717, 1.165) is 22.0 Å². The van der Waals surface area contributed by atoms with Gasteiger partial charge in [-0.15, -0.1) is 11.3 Å². The van der Waals surface area contributed by atoms with E-state index in [1.54, 1.807) is 0 Å². The predicted molar refractivity (Wildman–Crippen MR) is 97.3 cm³/mol. The Bertz CT molecular complexity index is 787. The number of carboxylic acid groups (broad SMARTS) is 1. The zero-order valence-corrected chi connectivity index (χ0v) is 13.9. The Balaban J connectivity index is 1.63. The van der Waals surface area contributed by atoms with Gasteiger partial charge < -0.3 is 10.4 Å². The summed E-state index contributed by atoms with van der Waals surface area (Å²) in [5.74, 6) is -1.29. The molecule has 24 heavy (non-hydrogen) atoms. The second kappa shape index (κ2) is 7.75. The Hall–Kier alpha value is -2.66. The van der Waals surface area contributed by atoms with Gasteiger partial charge in [-0.2, -0.15) is 0 Å². The number of carbonyl (C=O) groups is 1. The summed E-state index contributed by atoms with van der Waals surface area (Å²) in [4.78, 5) is 16.0. The second-order valence-electron chi connectivity index (χ2n) is 5.51. The standard InChI is InChI=1S/C19H18N2O2S/c22-18(23)16(11-14-7-3-1-4-8-14)12-20-19-21-17(13-24-19)15-9-5-2-6-10-15/h1-10,13,16H,11-12H2,(H,20,21)(H,22,23). The van der Waals surface area contributed by atoms with Crippen molar-refractivity contribution in [3.05, 3.63) is 71.6 Å². The van der Waals surface area contributed by atoms with Crippen molar-refractivity contribution in [1.82, 2.24) is 4.98 Å². The molecule has 3 aromatic rings. The van der Waals surface area contributed by atoms with Crippen molar-refractivity contribution in [1.29, 1.82) is 0 Å². The van der Waals surface area contributed by atoms with E-state index in [4.69, 9.17) is 0 Å². The number of carboxylic acids is 1. The fourth-order valence-corrected chi connectivity index (χ4v) is 3.18. The van der Waals surface area contributed by atoms with Crippen LogP contribution < -0.4 is 5.32 Å². The number of nitrogens with zero attached hydrogens (tertiary/aromatic N) is 1. The molecule has 0 aliphatic heterocycles. The maximum Gasteiger partial charge on any atom is 0.308 e. The van der Waals surface area contributed by atoms with Gasteiger partial charge in [-0.3, -0.25) is 4.79 Å². The van der Waals surface area contributed by atoms with Crippen LogP contribution in [0.15, 0.2) is 66.0 Å². The summed E-state index contributed by atoms with van der Waals surface area (Å²) < 4.78 is 0. The molecule has 0 amide bonds. The third-order valence-corrected chi connectivity index (χ3v) is 4.55. The number of rotatable bonds is 7. The van der Waals surface area contributed by atoms with Crippen molar-refractivity contribution >= 4 is 22.4 Å². The summed E-state index contributed by atoms with van der Waals surface area (Å²) in [5.41, 5.74) is 2.98. The SMILES string of the molecule is O=C(O)C(CNc1nc(-c2ccccc2)cs1)Cc1ccccc1. The van der Waals surface area contributed by atoms with E-state index in [9.17, 15) is 9.90 Å². The molecule has 0 saturated heterocycles. The van der Waals surface area contributed by atoms with Crippen LogP contribution in [0.3, 0.4) is 0 Å². The van der Waals surface area contributed by atoms with Gasteiger partial charge >= 0.3 is 5.97 Å². The number of anilines is 1. The Morgan fingerprint density at radius 1 is 1.08 bits per heavy atom. The monoisotopic (exact) mass is 338 g/mol. The zero-order chi connectivity index (χ0) is 16.8. The number of aromatic nitrogens is 1. The Kier molecular flexibility index (Phi) is 5.23. The van der Waals surface area contributed by atoms with Gasteiger partial charge in [-0.25, -0.2) is 4.98 Å². The first-order valence-electron chi connectivity index (χ1n) is 7.74. The van der Waals surface area contributed by atoms with Gasteiger partial charge in [-0.1, -0.05) is 60.7 Å². The molecule has 1 aromatic heterocycles. The van der Waals surface area contributed by atoms with Gasteiger partial charge in [0.25, 0.3) is 0 Å². The van der Waals surface area contributed by atoms with Crippen LogP contribution in [0, 0.1) is 5.92 Å². The molecule has 0 spiro atoms. The normalized spacial score (nSPS) is 11.8. The lowest BCUT2D eigenvalue weighted by Gasteiger charge is -2.12. The van der Waals surface area contributed by atoms with Crippen molar-refractivity contribution < 1.29 is 9.90 Å². The fourth-order valence-electron chi connectivity index (χ4n) is 2.45. The van der Waals surface area contributed by atoms with Crippen LogP contribution >= 0.6 is 11.3 Å². The molecule has 0 saturated carbocycles. The van der Waals surface area contributed by atoms with Gasteiger partial charge in [0.1, 0.15) is 0 Å². The molecule has 1 atom stereocenters. The second-order valence-corrected chi connectivity index (χ2v) is 6.37. The molecular weight excluding hydrogens is 320 g/mol. The summed E-state index contributed by atoms with van der Waals surface area (Å²) in [6.45, 7) is 0.353. The van der Waals surface area contributed by atoms with Crippen molar-refractivity contribution in [2.24, 2.45) is 5.92 Å². The molecule has 122 valence electrons. The van der Waals surface area contributed by atoms with Crippen molar-refractivity contribution in [3.8, 4) is 11.3 Å². The molecule has 2 N–H and O–H groups in total. The van der Waals surface area contributed by atoms with Crippen LogP contribution in [0.2, 0.25) is 0 Å². The molecule has 0 bridgehead atoms. The number of thiazole rings is 1. The smallest absolute Gasteiger partial charge is 0.308 e. The largest absolute Gasteiger partial charge is 0.481 e. The number of hydrogen-bond acceptors (Lipinski definition) is 4. The van der Waals surface area contributed by atoms with Crippen LogP contribution in [-0.2, 0) is 11.2 Å². The van der Waals surface area contributed by atoms with Crippen molar-refractivity contribution in [2.75, 3.05) is 11.9 Å². The molecule has 0 aliphatic carbocycles. The molecule has 1 heterocycles. The molecule has 0 fully saturated rings. The predicted octanol–water partition coefficient (Wildman–Crippen LogP) is 4.17. The highest BCUT2D eigenvalue weighted by atomic mass is 32.1. The number of aliphatic carboxylic acids is 1. The van der Waals surface area contributed by atoms with Crippen molar-refractivity contribution in [2.45, 2.75) is 6.42 Å². The summed E-state index contributed by atoms with van der Waals surface area (Å²) in [6.07, 6.45) is 0.500. The number of nitrogens with one attached hydrogen (secondary N) is 1. The van der Waals surface area contributed by atoms with Crippen LogP contribution in [0.5, 0.6) is 0 Å². The maximum absolute atomic E-state index is 11.5. The molecule has 1 unspecified atom stereocenters. The Morgan fingerprint density at radius 3 is 2.42 bits per heavy atom. The van der Waals surface area contributed by atoms with E-state index in [-0.39, 0.29) is 0 Å². The van der Waals surface area contributed by atoms with Gasteiger partial charge in [0, 0.05) is 17.5 Å². The summed E-state index contributed by atoms with van der Waals surface area (Å²) in [7, 11) is 0. The average molecular weight is 338 g/mol. The van der Waals surface area contributed by atoms with E-state index in [1.807, 2.05) is 66.0 Å². The lowest BCUT2D eigenvalue weighted by molar-refractivity contribution is -0.141. The molecule has 4 nitrogen and oxygen atoms in total. The summed E-state index contributed by atoms with van der Waals surface area (Å²) >= 11 is 1.49. The van der Waals surface area contributed by atoms with E-state index in [0.29, 0.717) is 13.0 Å². The number of benzene rings is 2. The summed E-state index contributed by atoms with van der Waals surface area (Å²) in [6, 6.07) is 19.6. The fraction of sp³-hybridized carbons (Fsp3) is 0.158. The highest BCUT2D eigenvalue weighted by Crippen LogP contribution is 2.24. The lowest BCUT2D eigenvalue weighted by atomic mass is 9.99. The first kappa shape index (κ1) is 16.2. The highest BCUT2D eigenvalue weighted by molar-refractivity contribution is 7.14. The van der Waals surface area contributed by atoms with Crippen LogP contribution in [0.25, 0.3) is 11.3 Å². The zero-order valence-electron chi connectivity index (χ0n) is 13.1. The average Bonchev–Trinajstić information content (AvgIpc) is 3.09. The summed E-state index contributed by atoms with van der Waals surface area (Å²) in [5, 5.41) is 15.3. The van der Waals surface area contributed by atoms with Crippen LogP contribution in [0.1, 0.15) is 5.56 Å². The quantitative estimate of drug-likeness (QED) is 0.679. The van der Waals surface area contributed by atoms with Crippen LogP contribution in [0.4, 0.5) is 5.13 Å². The maximum atomic E-state index is 11.5. The van der Waals surface area contributed by atoms with E-state index in [2.05, 4.69) is 10.3 Å². The van der Waals surface area contributed by atoms with Gasteiger partial charge in [0.2, 0.25) is 0 Å². The van der Waals surface area contributed by atoms with Gasteiger partial charge in [-0.05, 0) is 12.0 Å². The van der Waals surface area contributed by atoms with E-state index in [1.165, 1.54) is 11.3 Å². The molecule has 0 radical (unpaired) electrons. The molecule has 3 rings (SSSR count).